The van der Waals surface area contributed by atoms with Crippen LogP contribution < -0.4 is 24.4 Å². The number of rotatable bonds is 11. The molecule has 1 aliphatic rings. The summed E-state index contributed by atoms with van der Waals surface area (Å²) in [7, 11) is 0. The fraction of sp³-hybridized carbons (Fsp3) is 0.250. The van der Waals surface area contributed by atoms with Gasteiger partial charge in [-0.2, -0.15) is 0 Å². The van der Waals surface area contributed by atoms with E-state index in [1.54, 1.807) is 54.8 Å². The Balaban J connectivity index is 1.63. The molecule has 3 aromatic carbocycles. The maximum absolute atomic E-state index is 14.3. The fourth-order valence-corrected chi connectivity index (χ4v) is 6.32. The molecule has 1 aromatic heterocycles. The standard InChI is InChI=1S/C36H35FN2O5S/c1-6-11-26-18-24(19-29(42-7-2)33(26)44-21-27-12-9-10-13-28(27)37)20-30-34(40)39-32(25-16-14-22(4)15-17-25)31(35(41)43-8-3)23(5)38-36(39)45-30/h6,9-10,12-20,32H,1,7-8,11,21H2,2-5H3/b30-20+/t32-/m1/s1. The van der Waals surface area contributed by atoms with Crippen molar-refractivity contribution in [2.45, 2.75) is 46.8 Å². The maximum Gasteiger partial charge on any atom is 0.338 e. The Hall–Kier alpha value is -4.76. The molecule has 1 aliphatic heterocycles. The average Bonchev–Trinajstić information content (AvgIpc) is 3.31. The van der Waals surface area contributed by atoms with E-state index in [2.05, 4.69) is 11.6 Å². The van der Waals surface area contributed by atoms with Gasteiger partial charge in [0, 0.05) is 11.1 Å². The summed E-state index contributed by atoms with van der Waals surface area (Å²) in [5.74, 6) is 0.121. The van der Waals surface area contributed by atoms with E-state index in [9.17, 15) is 14.0 Å². The quantitative estimate of drug-likeness (QED) is 0.152. The first-order valence-corrected chi connectivity index (χ1v) is 15.6. The number of nitrogens with zero attached hydrogens (tertiary/aromatic N) is 2. The first-order valence-electron chi connectivity index (χ1n) is 14.8. The highest BCUT2D eigenvalue weighted by Gasteiger charge is 2.33. The number of benzene rings is 3. The number of allylic oxidation sites excluding steroid dienone is 2. The minimum Gasteiger partial charge on any atom is -0.490 e. The van der Waals surface area contributed by atoms with E-state index in [4.69, 9.17) is 14.2 Å². The third kappa shape index (κ3) is 6.68. The second kappa shape index (κ2) is 13.9. The molecule has 0 radical (unpaired) electrons. The molecule has 0 bridgehead atoms. The predicted molar refractivity (Wildman–Crippen MR) is 174 cm³/mol. The summed E-state index contributed by atoms with van der Waals surface area (Å²) in [5.41, 5.74) is 4.34. The van der Waals surface area contributed by atoms with E-state index in [0.717, 1.165) is 16.7 Å². The molecule has 0 saturated heterocycles. The van der Waals surface area contributed by atoms with Gasteiger partial charge in [-0.15, -0.1) is 6.58 Å². The molecule has 5 rings (SSSR count). The maximum atomic E-state index is 14.3. The van der Waals surface area contributed by atoms with Gasteiger partial charge in [-0.25, -0.2) is 14.2 Å². The summed E-state index contributed by atoms with van der Waals surface area (Å²) in [6.07, 6.45) is 4.00. The number of hydrogen-bond donors (Lipinski definition) is 0. The molecule has 0 aliphatic carbocycles. The van der Waals surface area contributed by atoms with Crippen molar-refractivity contribution in [2.75, 3.05) is 13.2 Å². The van der Waals surface area contributed by atoms with Crippen molar-refractivity contribution in [1.82, 2.24) is 4.57 Å². The zero-order valence-electron chi connectivity index (χ0n) is 25.8. The lowest BCUT2D eigenvalue weighted by Gasteiger charge is -2.24. The van der Waals surface area contributed by atoms with Gasteiger partial charge in [0.25, 0.3) is 5.56 Å². The van der Waals surface area contributed by atoms with E-state index in [0.29, 0.717) is 56.3 Å². The molecule has 9 heteroatoms. The summed E-state index contributed by atoms with van der Waals surface area (Å²) in [5, 5.41) is 0. The fourth-order valence-electron chi connectivity index (χ4n) is 5.27. The van der Waals surface area contributed by atoms with E-state index < -0.39 is 12.0 Å². The summed E-state index contributed by atoms with van der Waals surface area (Å²) >= 11 is 1.25. The second-order valence-electron chi connectivity index (χ2n) is 10.5. The molecule has 7 nitrogen and oxygen atoms in total. The first-order chi connectivity index (χ1) is 21.7. The molecule has 2 heterocycles. The second-order valence-corrected chi connectivity index (χ2v) is 11.5. The van der Waals surface area contributed by atoms with Crippen LogP contribution in [0.4, 0.5) is 4.39 Å². The number of fused-ring (bicyclic) bond motifs is 1. The van der Waals surface area contributed by atoms with Crippen molar-refractivity contribution in [2.24, 2.45) is 4.99 Å². The highest BCUT2D eigenvalue weighted by atomic mass is 32.1. The minimum atomic E-state index is -0.687. The van der Waals surface area contributed by atoms with Crippen molar-refractivity contribution in [3.05, 3.63) is 138 Å². The van der Waals surface area contributed by atoms with E-state index in [-0.39, 0.29) is 24.6 Å². The Kier molecular flexibility index (Phi) is 9.78. The van der Waals surface area contributed by atoms with E-state index in [1.165, 1.54) is 17.4 Å². The number of halogens is 1. The van der Waals surface area contributed by atoms with Gasteiger partial charge in [0.1, 0.15) is 12.4 Å². The number of esters is 1. The van der Waals surface area contributed by atoms with Gasteiger partial charge in [0.15, 0.2) is 16.3 Å². The Labute approximate surface area is 265 Å². The third-order valence-corrected chi connectivity index (χ3v) is 8.34. The minimum absolute atomic E-state index is 0.0238. The molecule has 0 amide bonds. The Bertz CT molecular complexity index is 1960. The monoisotopic (exact) mass is 626 g/mol. The molecule has 4 aromatic rings. The van der Waals surface area contributed by atoms with Crippen LogP contribution in [0.25, 0.3) is 6.08 Å². The summed E-state index contributed by atoms with van der Waals surface area (Å²) in [4.78, 5) is 32.4. The Morgan fingerprint density at radius 3 is 2.49 bits per heavy atom. The third-order valence-electron chi connectivity index (χ3n) is 7.36. The summed E-state index contributed by atoms with van der Waals surface area (Å²) in [6, 6.07) is 17.2. The molecule has 232 valence electrons. The smallest absolute Gasteiger partial charge is 0.338 e. The van der Waals surface area contributed by atoms with Crippen molar-refractivity contribution in [1.29, 1.82) is 0 Å². The van der Waals surface area contributed by atoms with Crippen LogP contribution in [0.1, 0.15) is 54.6 Å². The van der Waals surface area contributed by atoms with Gasteiger partial charge < -0.3 is 14.2 Å². The van der Waals surface area contributed by atoms with Crippen molar-refractivity contribution >= 4 is 23.4 Å². The molecule has 0 saturated carbocycles. The molecular weight excluding hydrogens is 591 g/mol. The van der Waals surface area contributed by atoms with Crippen LogP contribution in [0.2, 0.25) is 0 Å². The lowest BCUT2D eigenvalue weighted by molar-refractivity contribution is -0.139. The lowest BCUT2D eigenvalue weighted by Crippen LogP contribution is -2.39. The summed E-state index contributed by atoms with van der Waals surface area (Å²) < 4.78 is 33.8. The number of thiazole rings is 1. The zero-order chi connectivity index (χ0) is 32.1. The van der Waals surface area contributed by atoms with Crippen LogP contribution >= 0.6 is 11.3 Å². The van der Waals surface area contributed by atoms with Crippen molar-refractivity contribution < 1.29 is 23.4 Å². The largest absolute Gasteiger partial charge is 0.490 e. The number of carbonyl (C=O) groups is 1. The van der Waals surface area contributed by atoms with Crippen LogP contribution in [-0.4, -0.2) is 23.8 Å². The average molecular weight is 627 g/mol. The molecule has 0 N–H and O–H groups in total. The summed E-state index contributed by atoms with van der Waals surface area (Å²) in [6.45, 7) is 11.9. The number of hydrogen-bond acceptors (Lipinski definition) is 7. The van der Waals surface area contributed by atoms with Crippen LogP contribution in [0.15, 0.2) is 94.4 Å². The van der Waals surface area contributed by atoms with Gasteiger partial charge in [-0.1, -0.05) is 65.4 Å². The van der Waals surface area contributed by atoms with Crippen molar-refractivity contribution in [3.8, 4) is 11.5 Å². The Morgan fingerprint density at radius 2 is 1.80 bits per heavy atom. The molecule has 0 unspecified atom stereocenters. The van der Waals surface area contributed by atoms with Crippen molar-refractivity contribution in [3.63, 3.8) is 0 Å². The zero-order valence-corrected chi connectivity index (χ0v) is 26.6. The van der Waals surface area contributed by atoms with E-state index in [1.807, 2.05) is 44.2 Å². The Morgan fingerprint density at radius 1 is 1.04 bits per heavy atom. The lowest BCUT2D eigenvalue weighted by atomic mass is 9.95. The number of aryl methyl sites for hydroxylation is 1. The normalized spacial score (nSPS) is 14.5. The highest BCUT2D eigenvalue weighted by molar-refractivity contribution is 7.07. The predicted octanol–water partition coefficient (Wildman–Crippen LogP) is 5.95. The van der Waals surface area contributed by atoms with Crippen LogP contribution in [0.3, 0.4) is 0 Å². The molecule has 1 atom stereocenters. The van der Waals surface area contributed by atoms with Gasteiger partial charge >= 0.3 is 5.97 Å². The van der Waals surface area contributed by atoms with Gasteiger partial charge in [0.05, 0.1) is 35.1 Å². The molecular formula is C36H35FN2O5S. The van der Waals surface area contributed by atoms with Crippen LogP contribution in [0, 0.1) is 12.7 Å². The SMILES string of the molecule is C=CCc1cc(/C=c2/sc3n(c2=O)[C@H](c2ccc(C)cc2)C(C(=O)OCC)=C(C)N=3)cc(OCC)c1OCc1ccccc1F. The highest BCUT2D eigenvalue weighted by Crippen LogP contribution is 2.35. The van der Waals surface area contributed by atoms with E-state index >= 15 is 0 Å². The number of carbonyl (C=O) groups excluding carboxylic acids is 1. The van der Waals surface area contributed by atoms with Crippen LogP contribution in [-0.2, 0) is 22.6 Å². The molecule has 0 fully saturated rings. The van der Waals surface area contributed by atoms with Gasteiger partial charge in [-0.3, -0.25) is 9.36 Å². The first kappa shape index (κ1) is 31.7. The van der Waals surface area contributed by atoms with Crippen LogP contribution in [0.5, 0.6) is 11.5 Å². The topological polar surface area (TPSA) is 79.1 Å². The van der Waals surface area contributed by atoms with Gasteiger partial charge in [0.2, 0.25) is 0 Å². The van der Waals surface area contributed by atoms with Gasteiger partial charge in [-0.05, 0) is 69.5 Å². The number of ether oxygens (including phenoxy) is 3. The molecule has 0 spiro atoms. The molecule has 45 heavy (non-hydrogen) atoms. The number of aromatic nitrogens is 1.